The Hall–Kier alpha value is -2.91. The maximum Gasteiger partial charge on any atom is 0.261 e. The molecule has 166 valence electrons. The van der Waals surface area contributed by atoms with E-state index in [2.05, 4.69) is 10.0 Å². The first-order chi connectivity index (χ1) is 14.6. The Morgan fingerprint density at radius 3 is 2.42 bits per heavy atom. The second-order valence-corrected chi connectivity index (χ2v) is 9.33. The van der Waals surface area contributed by atoms with E-state index >= 15 is 0 Å². The molecule has 0 aromatic heterocycles. The van der Waals surface area contributed by atoms with E-state index in [1.807, 2.05) is 0 Å². The number of hydrogen-bond acceptors (Lipinski definition) is 5. The third-order valence-electron chi connectivity index (χ3n) is 5.14. The Morgan fingerprint density at radius 1 is 1.13 bits per heavy atom. The maximum absolute atomic E-state index is 13.0. The van der Waals surface area contributed by atoms with Crippen molar-refractivity contribution >= 4 is 38.9 Å². The fraction of sp³-hybridized carbons (Fsp3) is 0.364. The van der Waals surface area contributed by atoms with Gasteiger partial charge in [0.2, 0.25) is 5.91 Å². The van der Waals surface area contributed by atoms with Gasteiger partial charge in [-0.05, 0) is 73.7 Å². The molecule has 0 saturated carbocycles. The van der Waals surface area contributed by atoms with Crippen LogP contribution in [0.4, 0.5) is 17.1 Å². The molecular weight excluding hydrogens is 418 g/mol. The number of ether oxygens (including phenoxy) is 1. The monoisotopic (exact) mass is 445 g/mol. The molecule has 2 amide bonds. The van der Waals surface area contributed by atoms with Gasteiger partial charge in [-0.25, -0.2) is 8.42 Å². The molecule has 0 radical (unpaired) electrons. The molecule has 0 aliphatic carbocycles. The van der Waals surface area contributed by atoms with Gasteiger partial charge in [0.15, 0.2) is 0 Å². The van der Waals surface area contributed by atoms with Gasteiger partial charge in [-0.3, -0.25) is 14.3 Å². The number of amides is 2. The van der Waals surface area contributed by atoms with E-state index in [9.17, 15) is 18.0 Å². The molecule has 9 heteroatoms. The van der Waals surface area contributed by atoms with Gasteiger partial charge in [0.05, 0.1) is 4.90 Å². The van der Waals surface area contributed by atoms with Crippen LogP contribution in [0.1, 0.15) is 30.0 Å². The highest BCUT2D eigenvalue weighted by atomic mass is 32.2. The SMILES string of the molecule is COCC(=O)N1CCCc2cc(NS(=O)(=O)c3cc(C)c(NC(C)=O)c(C)c3)ccc21. The number of methoxy groups -OCH3 is 1. The van der Waals surface area contributed by atoms with Crippen molar-refractivity contribution in [2.24, 2.45) is 0 Å². The van der Waals surface area contributed by atoms with Crippen LogP contribution >= 0.6 is 0 Å². The lowest BCUT2D eigenvalue weighted by Crippen LogP contribution is -2.37. The standard InChI is InChI=1S/C22H27N3O5S/c1-14-10-19(11-15(2)22(14)23-16(3)26)31(28,29)24-18-7-8-20-17(12-18)6-5-9-25(20)21(27)13-30-4/h7-8,10-12,24H,5-6,9,13H2,1-4H3,(H,23,26). The Morgan fingerprint density at radius 2 is 1.81 bits per heavy atom. The van der Waals surface area contributed by atoms with Crippen molar-refractivity contribution in [1.82, 2.24) is 0 Å². The molecule has 3 rings (SSSR count). The summed E-state index contributed by atoms with van der Waals surface area (Å²) in [5, 5.41) is 2.73. The topological polar surface area (TPSA) is 105 Å². The van der Waals surface area contributed by atoms with E-state index in [0.717, 1.165) is 24.1 Å². The van der Waals surface area contributed by atoms with Crippen LogP contribution in [0, 0.1) is 13.8 Å². The Kier molecular flexibility index (Phi) is 6.66. The van der Waals surface area contributed by atoms with E-state index in [-0.39, 0.29) is 23.3 Å². The molecule has 1 aliphatic rings. The molecule has 0 bridgehead atoms. The molecule has 8 nitrogen and oxygen atoms in total. The molecule has 2 aromatic rings. The van der Waals surface area contributed by atoms with Crippen LogP contribution in [-0.2, 0) is 30.8 Å². The minimum absolute atomic E-state index is 0.000996. The van der Waals surface area contributed by atoms with Crippen LogP contribution in [0.25, 0.3) is 0 Å². The summed E-state index contributed by atoms with van der Waals surface area (Å²) < 4.78 is 33.6. The highest BCUT2D eigenvalue weighted by molar-refractivity contribution is 7.92. The fourth-order valence-electron chi connectivity index (χ4n) is 3.79. The minimum atomic E-state index is -3.83. The van der Waals surface area contributed by atoms with Crippen molar-refractivity contribution in [3.05, 3.63) is 47.0 Å². The third-order valence-corrected chi connectivity index (χ3v) is 6.50. The molecule has 2 aromatic carbocycles. The van der Waals surface area contributed by atoms with Crippen LogP contribution in [-0.4, -0.2) is 40.5 Å². The molecule has 0 fully saturated rings. The van der Waals surface area contributed by atoms with Gasteiger partial charge in [0, 0.05) is 37.6 Å². The number of carbonyl (C=O) groups excluding carboxylic acids is 2. The molecule has 0 saturated heterocycles. The lowest BCUT2D eigenvalue weighted by molar-refractivity contribution is -0.122. The van der Waals surface area contributed by atoms with Crippen molar-refractivity contribution in [3.63, 3.8) is 0 Å². The number of hydrogen-bond donors (Lipinski definition) is 2. The number of nitrogens with zero attached hydrogens (tertiary/aromatic N) is 1. The number of rotatable bonds is 6. The summed E-state index contributed by atoms with van der Waals surface area (Å²) in [5.41, 5.74) is 4.05. The summed E-state index contributed by atoms with van der Waals surface area (Å²) >= 11 is 0. The first-order valence-corrected chi connectivity index (χ1v) is 11.4. The zero-order chi connectivity index (χ0) is 22.8. The largest absolute Gasteiger partial charge is 0.375 e. The molecule has 1 heterocycles. The normalized spacial score (nSPS) is 13.5. The number of nitrogens with one attached hydrogen (secondary N) is 2. The fourth-order valence-corrected chi connectivity index (χ4v) is 5.01. The quantitative estimate of drug-likeness (QED) is 0.711. The summed E-state index contributed by atoms with van der Waals surface area (Å²) in [6.07, 6.45) is 1.55. The molecule has 2 N–H and O–H groups in total. The van der Waals surface area contributed by atoms with E-state index in [1.165, 1.54) is 26.2 Å². The average Bonchev–Trinajstić information content (AvgIpc) is 2.69. The Labute approximate surface area is 182 Å². The lowest BCUT2D eigenvalue weighted by Gasteiger charge is -2.29. The number of anilines is 3. The number of fused-ring (bicyclic) bond motifs is 1. The highest BCUT2D eigenvalue weighted by Gasteiger charge is 2.24. The summed E-state index contributed by atoms with van der Waals surface area (Å²) in [4.78, 5) is 25.5. The van der Waals surface area contributed by atoms with Gasteiger partial charge in [-0.15, -0.1) is 0 Å². The smallest absolute Gasteiger partial charge is 0.261 e. The number of aryl methyl sites for hydroxylation is 3. The second kappa shape index (κ2) is 9.07. The van der Waals surface area contributed by atoms with Gasteiger partial charge >= 0.3 is 0 Å². The predicted molar refractivity (Wildman–Crippen MR) is 120 cm³/mol. The van der Waals surface area contributed by atoms with Gasteiger partial charge in [0.1, 0.15) is 6.61 Å². The van der Waals surface area contributed by atoms with E-state index in [0.29, 0.717) is 29.0 Å². The second-order valence-electron chi connectivity index (χ2n) is 7.64. The van der Waals surface area contributed by atoms with E-state index < -0.39 is 10.0 Å². The van der Waals surface area contributed by atoms with Crippen LogP contribution in [0.2, 0.25) is 0 Å². The number of benzene rings is 2. The highest BCUT2D eigenvalue weighted by Crippen LogP contribution is 2.31. The summed E-state index contributed by atoms with van der Waals surface area (Å²) in [7, 11) is -2.35. The molecule has 0 atom stereocenters. The zero-order valence-electron chi connectivity index (χ0n) is 18.1. The van der Waals surface area contributed by atoms with Crippen molar-refractivity contribution in [1.29, 1.82) is 0 Å². The van der Waals surface area contributed by atoms with Crippen molar-refractivity contribution in [3.8, 4) is 0 Å². The molecule has 0 spiro atoms. The van der Waals surface area contributed by atoms with Crippen LogP contribution < -0.4 is 14.9 Å². The van der Waals surface area contributed by atoms with Crippen molar-refractivity contribution < 1.29 is 22.7 Å². The molecule has 31 heavy (non-hydrogen) atoms. The molecular formula is C22H27N3O5S. The van der Waals surface area contributed by atoms with E-state index in [4.69, 9.17) is 4.74 Å². The first-order valence-electron chi connectivity index (χ1n) is 9.96. The molecule has 1 aliphatic heterocycles. The van der Waals surface area contributed by atoms with Crippen LogP contribution in [0.3, 0.4) is 0 Å². The molecule has 0 unspecified atom stereocenters. The number of carbonyl (C=O) groups is 2. The lowest BCUT2D eigenvalue weighted by atomic mass is 10.0. The summed E-state index contributed by atoms with van der Waals surface area (Å²) in [5.74, 6) is -0.339. The minimum Gasteiger partial charge on any atom is -0.375 e. The zero-order valence-corrected chi connectivity index (χ0v) is 18.9. The predicted octanol–water partition coefficient (Wildman–Crippen LogP) is 2.99. The van der Waals surface area contributed by atoms with Crippen LogP contribution in [0.5, 0.6) is 0 Å². The summed E-state index contributed by atoms with van der Waals surface area (Å²) in [6, 6.07) is 8.25. The maximum atomic E-state index is 13.0. The van der Waals surface area contributed by atoms with Gasteiger partial charge < -0.3 is 15.0 Å². The number of sulfonamides is 1. The Balaban J connectivity index is 1.87. The summed E-state index contributed by atoms with van der Waals surface area (Å²) in [6.45, 7) is 5.52. The third kappa shape index (κ3) is 5.05. The van der Waals surface area contributed by atoms with Gasteiger partial charge in [0.25, 0.3) is 15.9 Å². The average molecular weight is 446 g/mol. The van der Waals surface area contributed by atoms with Gasteiger partial charge in [-0.1, -0.05) is 0 Å². The van der Waals surface area contributed by atoms with Crippen molar-refractivity contribution in [2.75, 3.05) is 35.2 Å². The first kappa shape index (κ1) is 22.8. The van der Waals surface area contributed by atoms with E-state index in [1.54, 1.807) is 36.9 Å². The van der Waals surface area contributed by atoms with Crippen molar-refractivity contribution in [2.45, 2.75) is 38.5 Å². The Bertz CT molecular complexity index is 1100. The van der Waals surface area contributed by atoms with Gasteiger partial charge in [-0.2, -0.15) is 0 Å². The van der Waals surface area contributed by atoms with Crippen LogP contribution in [0.15, 0.2) is 35.2 Å².